The maximum Gasteiger partial charge on any atom is 0.163 e. The maximum absolute atomic E-state index is 8.65. The van der Waals surface area contributed by atoms with E-state index >= 15 is 0 Å². The fraction of sp³-hybridized carbons (Fsp3) is 0.111. The molecule has 0 aliphatic carbocycles. The first kappa shape index (κ1) is 8.02. The molecular formula is C9H7N3S. The van der Waals surface area contributed by atoms with E-state index in [0.717, 1.165) is 10.6 Å². The standard InChI is InChI=1S/C9H7N3S/c1-12-8(5-7(6-10)11-12)9-3-2-4-13-9/h2-5H,1H3. The summed E-state index contributed by atoms with van der Waals surface area (Å²) < 4.78 is 1.73. The third-order valence-corrected chi connectivity index (χ3v) is 2.66. The van der Waals surface area contributed by atoms with Crippen LogP contribution >= 0.6 is 11.3 Å². The first-order chi connectivity index (χ1) is 6.31. The van der Waals surface area contributed by atoms with E-state index < -0.39 is 0 Å². The largest absolute Gasteiger partial charge is 0.266 e. The predicted molar refractivity (Wildman–Crippen MR) is 51.2 cm³/mol. The van der Waals surface area contributed by atoms with E-state index in [4.69, 9.17) is 5.26 Å². The highest BCUT2D eigenvalue weighted by atomic mass is 32.1. The van der Waals surface area contributed by atoms with E-state index in [-0.39, 0.29) is 0 Å². The van der Waals surface area contributed by atoms with Gasteiger partial charge in [-0.1, -0.05) is 6.07 Å². The summed E-state index contributed by atoms with van der Waals surface area (Å²) >= 11 is 1.64. The van der Waals surface area contributed by atoms with Crippen molar-refractivity contribution in [1.29, 1.82) is 5.26 Å². The monoisotopic (exact) mass is 189 g/mol. The van der Waals surface area contributed by atoms with Gasteiger partial charge in [-0.15, -0.1) is 11.3 Å². The first-order valence-electron chi connectivity index (χ1n) is 3.79. The van der Waals surface area contributed by atoms with Crippen LogP contribution in [0.1, 0.15) is 5.69 Å². The van der Waals surface area contributed by atoms with Crippen molar-refractivity contribution in [1.82, 2.24) is 9.78 Å². The fourth-order valence-electron chi connectivity index (χ4n) is 1.18. The van der Waals surface area contributed by atoms with Crippen LogP contribution in [-0.2, 0) is 7.05 Å². The summed E-state index contributed by atoms with van der Waals surface area (Å²) in [7, 11) is 1.84. The number of hydrogen-bond donors (Lipinski definition) is 0. The lowest BCUT2D eigenvalue weighted by molar-refractivity contribution is 0.772. The molecule has 4 heteroatoms. The van der Waals surface area contributed by atoms with Crippen LogP contribution in [0.15, 0.2) is 23.6 Å². The minimum absolute atomic E-state index is 0.464. The van der Waals surface area contributed by atoms with Crippen LogP contribution in [0.2, 0.25) is 0 Å². The van der Waals surface area contributed by atoms with Gasteiger partial charge >= 0.3 is 0 Å². The SMILES string of the molecule is Cn1nc(C#N)cc1-c1cccs1. The molecule has 0 radical (unpaired) electrons. The highest BCUT2D eigenvalue weighted by Gasteiger charge is 2.06. The molecule has 2 aromatic rings. The van der Waals surface area contributed by atoms with Gasteiger partial charge in [0.1, 0.15) is 6.07 Å². The van der Waals surface area contributed by atoms with Crippen molar-refractivity contribution in [2.45, 2.75) is 0 Å². The number of aromatic nitrogens is 2. The van der Waals surface area contributed by atoms with E-state index in [1.54, 1.807) is 22.1 Å². The van der Waals surface area contributed by atoms with Crippen molar-refractivity contribution in [2.24, 2.45) is 7.05 Å². The molecule has 64 valence electrons. The quantitative estimate of drug-likeness (QED) is 0.688. The van der Waals surface area contributed by atoms with Gasteiger partial charge in [-0.25, -0.2) is 0 Å². The Labute approximate surface area is 79.9 Å². The Bertz CT molecular complexity index is 448. The molecule has 13 heavy (non-hydrogen) atoms. The summed E-state index contributed by atoms with van der Waals surface area (Å²) in [5.41, 5.74) is 1.46. The lowest BCUT2D eigenvalue weighted by atomic mass is 10.3. The van der Waals surface area contributed by atoms with E-state index in [0.29, 0.717) is 5.69 Å². The van der Waals surface area contributed by atoms with Crippen LogP contribution < -0.4 is 0 Å². The molecule has 0 fully saturated rings. The van der Waals surface area contributed by atoms with Gasteiger partial charge in [0.05, 0.1) is 10.6 Å². The molecule has 0 unspecified atom stereocenters. The molecule has 0 aliphatic rings. The Hall–Kier alpha value is -1.60. The predicted octanol–water partition coefficient (Wildman–Crippen LogP) is 2.02. The van der Waals surface area contributed by atoms with Crippen LogP contribution in [0.3, 0.4) is 0 Å². The van der Waals surface area contributed by atoms with Crippen LogP contribution in [0.4, 0.5) is 0 Å². The Morgan fingerprint density at radius 1 is 1.62 bits per heavy atom. The number of nitrogens with zero attached hydrogens (tertiary/aromatic N) is 3. The van der Waals surface area contributed by atoms with Crippen molar-refractivity contribution in [3.63, 3.8) is 0 Å². The average Bonchev–Trinajstić information content (AvgIpc) is 2.72. The molecule has 2 heterocycles. The summed E-state index contributed by atoms with van der Waals surface area (Å²) in [5.74, 6) is 0. The van der Waals surface area contributed by atoms with Crippen molar-refractivity contribution in [3.8, 4) is 16.6 Å². The molecule has 0 N–H and O–H groups in total. The van der Waals surface area contributed by atoms with Gasteiger partial charge in [0, 0.05) is 13.1 Å². The fourth-order valence-corrected chi connectivity index (χ4v) is 1.95. The van der Waals surface area contributed by atoms with Gasteiger partial charge in [0.2, 0.25) is 0 Å². The zero-order chi connectivity index (χ0) is 9.26. The number of rotatable bonds is 1. The van der Waals surface area contributed by atoms with Crippen molar-refractivity contribution in [3.05, 3.63) is 29.3 Å². The lowest BCUT2D eigenvalue weighted by Crippen LogP contribution is -1.92. The zero-order valence-corrected chi connectivity index (χ0v) is 7.88. The molecule has 0 saturated heterocycles. The highest BCUT2D eigenvalue weighted by molar-refractivity contribution is 7.13. The molecule has 2 rings (SSSR count). The van der Waals surface area contributed by atoms with E-state index in [1.165, 1.54) is 0 Å². The molecule has 0 aliphatic heterocycles. The maximum atomic E-state index is 8.65. The molecule has 0 bridgehead atoms. The topological polar surface area (TPSA) is 41.6 Å². The second-order valence-corrected chi connectivity index (χ2v) is 3.58. The molecule has 0 atom stereocenters. The minimum atomic E-state index is 0.464. The number of aryl methyl sites for hydroxylation is 1. The molecule has 2 aromatic heterocycles. The third-order valence-electron chi connectivity index (χ3n) is 1.77. The number of thiophene rings is 1. The summed E-state index contributed by atoms with van der Waals surface area (Å²) in [6, 6.07) is 7.82. The van der Waals surface area contributed by atoms with Crippen molar-refractivity contribution < 1.29 is 0 Å². The Kier molecular flexibility index (Phi) is 1.87. The Balaban J connectivity index is 2.54. The van der Waals surface area contributed by atoms with Gasteiger partial charge in [-0.3, -0.25) is 4.68 Å². The van der Waals surface area contributed by atoms with Gasteiger partial charge in [-0.05, 0) is 11.4 Å². The molecule has 0 aromatic carbocycles. The molecule has 0 spiro atoms. The van der Waals surface area contributed by atoms with Crippen LogP contribution in [0, 0.1) is 11.3 Å². The highest BCUT2D eigenvalue weighted by Crippen LogP contribution is 2.24. The first-order valence-corrected chi connectivity index (χ1v) is 4.67. The molecular weight excluding hydrogens is 182 g/mol. The summed E-state index contributed by atoms with van der Waals surface area (Å²) in [4.78, 5) is 1.14. The van der Waals surface area contributed by atoms with Crippen LogP contribution in [-0.4, -0.2) is 9.78 Å². The minimum Gasteiger partial charge on any atom is -0.266 e. The summed E-state index contributed by atoms with van der Waals surface area (Å²) in [6.45, 7) is 0. The van der Waals surface area contributed by atoms with Gasteiger partial charge < -0.3 is 0 Å². The second-order valence-electron chi connectivity index (χ2n) is 2.63. The van der Waals surface area contributed by atoms with E-state index in [2.05, 4.69) is 5.10 Å². The van der Waals surface area contributed by atoms with Crippen LogP contribution in [0.25, 0.3) is 10.6 Å². The lowest BCUT2D eigenvalue weighted by Gasteiger charge is -1.95. The average molecular weight is 189 g/mol. The summed E-state index contributed by atoms with van der Waals surface area (Å²) in [6.07, 6.45) is 0. The number of nitriles is 1. The second kappa shape index (κ2) is 3.04. The molecule has 3 nitrogen and oxygen atoms in total. The van der Waals surface area contributed by atoms with Gasteiger partial charge in [-0.2, -0.15) is 10.4 Å². The number of hydrogen-bond acceptors (Lipinski definition) is 3. The van der Waals surface area contributed by atoms with Crippen molar-refractivity contribution in [2.75, 3.05) is 0 Å². The van der Waals surface area contributed by atoms with Crippen molar-refractivity contribution >= 4 is 11.3 Å². The zero-order valence-electron chi connectivity index (χ0n) is 7.06. The van der Waals surface area contributed by atoms with E-state index in [1.807, 2.05) is 30.6 Å². The van der Waals surface area contributed by atoms with Gasteiger partial charge in [0.25, 0.3) is 0 Å². The van der Waals surface area contributed by atoms with E-state index in [9.17, 15) is 0 Å². The van der Waals surface area contributed by atoms with Crippen LogP contribution in [0.5, 0.6) is 0 Å². The summed E-state index contributed by atoms with van der Waals surface area (Å²) in [5, 5.41) is 14.7. The Morgan fingerprint density at radius 3 is 3.00 bits per heavy atom. The third kappa shape index (κ3) is 1.34. The molecule has 0 saturated carbocycles. The smallest absolute Gasteiger partial charge is 0.163 e. The normalized spacial score (nSPS) is 9.85. The van der Waals surface area contributed by atoms with Gasteiger partial charge in [0.15, 0.2) is 5.69 Å². The Morgan fingerprint density at radius 2 is 2.46 bits per heavy atom. The molecule has 0 amide bonds.